The van der Waals surface area contributed by atoms with E-state index in [0.717, 1.165) is 24.0 Å². The van der Waals surface area contributed by atoms with Crippen LogP contribution >= 0.6 is 0 Å². The number of nitrogens with zero attached hydrogens (tertiary/aromatic N) is 1. The molecular weight excluding hydrogens is 382 g/mol. The number of ether oxygens (including phenoxy) is 2. The van der Waals surface area contributed by atoms with Crippen molar-refractivity contribution in [1.82, 2.24) is 4.90 Å². The number of aryl methyl sites for hydroxylation is 1. The normalized spacial score (nSPS) is 20.7. The zero-order chi connectivity index (χ0) is 20.8. The number of benzene rings is 2. The molecule has 154 valence electrons. The van der Waals surface area contributed by atoms with Gasteiger partial charge >= 0.3 is 0 Å². The first-order valence-electron chi connectivity index (χ1n) is 10.2. The standard InChI is InChI=1S/C24H23NO5/c1-14-8-9-19-18(11-14)22(26)20-21(15-5-3-6-16(12-15)28-2)25(24(27)23(20)30-19)13-17-7-4-10-29-17/h3,5-6,8-9,11-12,17,21H,4,7,10,13H2,1-2H3/t17-,21-/m0/s1. The van der Waals surface area contributed by atoms with E-state index in [9.17, 15) is 9.59 Å². The minimum atomic E-state index is -0.534. The van der Waals surface area contributed by atoms with Crippen LogP contribution in [-0.2, 0) is 4.74 Å². The molecule has 1 aromatic heterocycles. The molecule has 1 saturated heterocycles. The Morgan fingerprint density at radius 2 is 2.03 bits per heavy atom. The minimum absolute atomic E-state index is 0.0388. The molecule has 0 bridgehead atoms. The summed E-state index contributed by atoms with van der Waals surface area (Å²) in [4.78, 5) is 28.6. The van der Waals surface area contributed by atoms with E-state index in [2.05, 4.69) is 0 Å². The Kier molecular flexibility index (Phi) is 4.59. The number of fused-ring (bicyclic) bond motifs is 2. The third-order valence-electron chi connectivity index (χ3n) is 5.96. The smallest absolute Gasteiger partial charge is 0.291 e. The van der Waals surface area contributed by atoms with Crippen molar-refractivity contribution >= 4 is 16.9 Å². The summed E-state index contributed by atoms with van der Waals surface area (Å²) in [5, 5.41) is 0.494. The summed E-state index contributed by atoms with van der Waals surface area (Å²) < 4.78 is 17.2. The van der Waals surface area contributed by atoms with Gasteiger partial charge in [0.1, 0.15) is 11.3 Å². The van der Waals surface area contributed by atoms with E-state index in [1.54, 1.807) is 18.1 Å². The Hall–Kier alpha value is -3.12. The van der Waals surface area contributed by atoms with Gasteiger partial charge < -0.3 is 18.8 Å². The van der Waals surface area contributed by atoms with Crippen molar-refractivity contribution in [3.63, 3.8) is 0 Å². The van der Waals surface area contributed by atoms with Crippen molar-refractivity contribution in [2.24, 2.45) is 0 Å². The Balaban J connectivity index is 1.71. The van der Waals surface area contributed by atoms with Crippen molar-refractivity contribution < 1.29 is 18.7 Å². The molecule has 0 radical (unpaired) electrons. The minimum Gasteiger partial charge on any atom is -0.497 e. The van der Waals surface area contributed by atoms with Crippen LogP contribution in [0.2, 0.25) is 0 Å². The van der Waals surface area contributed by atoms with E-state index in [-0.39, 0.29) is 23.2 Å². The highest BCUT2D eigenvalue weighted by Gasteiger charge is 2.44. The quantitative estimate of drug-likeness (QED) is 0.660. The first-order chi connectivity index (χ1) is 14.6. The van der Waals surface area contributed by atoms with E-state index in [1.807, 2.05) is 43.3 Å². The number of methoxy groups -OCH3 is 1. The number of carbonyl (C=O) groups is 1. The lowest BCUT2D eigenvalue weighted by atomic mass is 9.97. The SMILES string of the molecule is COc1cccc([C@H]2c3c(oc4ccc(C)cc4c3=O)C(=O)N2C[C@@H]2CCCO2)c1. The number of carbonyl (C=O) groups excluding carboxylic acids is 1. The summed E-state index contributed by atoms with van der Waals surface area (Å²) >= 11 is 0. The largest absolute Gasteiger partial charge is 0.497 e. The fourth-order valence-corrected chi connectivity index (χ4v) is 4.49. The van der Waals surface area contributed by atoms with Crippen molar-refractivity contribution in [1.29, 1.82) is 0 Å². The monoisotopic (exact) mass is 405 g/mol. The fraction of sp³-hybridized carbons (Fsp3) is 0.333. The van der Waals surface area contributed by atoms with Gasteiger partial charge in [0.2, 0.25) is 5.76 Å². The zero-order valence-electron chi connectivity index (χ0n) is 17.0. The van der Waals surface area contributed by atoms with Gasteiger partial charge in [0, 0.05) is 13.2 Å². The van der Waals surface area contributed by atoms with Gasteiger partial charge in [-0.25, -0.2) is 0 Å². The zero-order valence-corrected chi connectivity index (χ0v) is 17.0. The topological polar surface area (TPSA) is 69.0 Å². The van der Waals surface area contributed by atoms with Gasteiger partial charge in [-0.15, -0.1) is 0 Å². The number of hydrogen-bond acceptors (Lipinski definition) is 5. The maximum atomic E-state index is 13.5. The van der Waals surface area contributed by atoms with Gasteiger partial charge in [-0.3, -0.25) is 9.59 Å². The molecule has 2 aliphatic rings. The van der Waals surface area contributed by atoms with Gasteiger partial charge in [0.25, 0.3) is 5.91 Å². The Labute approximate surface area is 174 Å². The number of rotatable bonds is 4. The van der Waals surface area contributed by atoms with Crippen molar-refractivity contribution in [3.8, 4) is 5.75 Å². The molecule has 0 aliphatic carbocycles. The van der Waals surface area contributed by atoms with Gasteiger partial charge in [0.05, 0.1) is 30.2 Å². The molecule has 6 heteroatoms. The summed E-state index contributed by atoms with van der Waals surface area (Å²) in [7, 11) is 1.60. The lowest BCUT2D eigenvalue weighted by molar-refractivity contribution is 0.0486. The summed E-state index contributed by atoms with van der Waals surface area (Å²) in [5.41, 5.74) is 2.45. The molecule has 2 aromatic carbocycles. The molecule has 0 saturated carbocycles. The van der Waals surface area contributed by atoms with Gasteiger partial charge in [-0.1, -0.05) is 23.8 Å². The molecule has 30 heavy (non-hydrogen) atoms. The lowest BCUT2D eigenvalue weighted by Crippen LogP contribution is -2.36. The maximum Gasteiger partial charge on any atom is 0.291 e. The highest BCUT2D eigenvalue weighted by atomic mass is 16.5. The van der Waals surface area contributed by atoms with E-state index < -0.39 is 6.04 Å². The van der Waals surface area contributed by atoms with Crippen LogP contribution in [0.5, 0.6) is 5.75 Å². The summed E-state index contributed by atoms with van der Waals surface area (Å²) in [6.07, 6.45) is 1.83. The van der Waals surface area contributed by atoms with Gasteiger partial charge in [-0.05, 0) is 49.6 Å². The second kappa shape index (κ2) is 7.29. The van der Waals surface area contributed by atoms with Crippen LogP contribution in [0.3, 0.4) is 0 Å². The van der Waals surface area contributed by atoms with Crippen LogP contribution < -0.4 is 10.2 Å². The fourth-order valence-electron chi connectivity index (χ4n) is 4.49. The molecular formula is C24H23NO5. The molecule has 2 atom stereocenters. The van der Waals surface area contributed by atoms with Crippen LogP contribution in [0.4, 0.5) is 0 Å². The first kappa shape index (κ1) is 18.9. The summed E-state index contributed by atoms with van der Waals surface area (Å²) in [5.74, 6) is 0.529. The predicted octanol–water partition coefficient (Wildman–Crippen LogP) is 3.83. The van der Waals surface area contributed by atoms with Crippen LogP contribution in [0.25, 0.3) is 11.0 Å². The van der Waals surface area contributed by atoms with Crippen LogP contribution in [0.15, 0.2) is 51.7 Å². The Bertz CT molecular complexity index is 1190. The lowest BCUT2D eigenvalue weighted by Gasteiger charge is -2.27. The molecule has 1 fully saturated rings. The van der Waals surface area contributed by atoms with E-state index >= 15 is 0 Å². The average molecular weight is 405 g/mol. The van der Waals surface area contributed by atoms with Crippen molar-refractivity contribution in [3.05, 3.63) is 75.1 Å². The van der Waals surface area contributed by atoms with Crippen molar-refractivity contribution in [2.45, 2.75) is 31.9 Å². The Morgan fingerprint density at radius 3 is 2.80 bits per heavy atom. The molecule has 1 amide bonds. The molecule has 6 nitrogen and oxygen atoms in total. The average Bonchev–Trinajstić information content (AvgIpc) is 3.36. The third kappa shape index (κ3) is 2.99. The predicted molar refractivity (Wildman–Crippen MR) is 112 cm³/mol. The molecule has 2 aliphatic heterocycles. The third-order valence-corrected chi connectivity index (χ3v) is 5.96. The van der Waals surface area contributed by atoms with Crippen LogP contribution in [0.1, 0.15) is 46.1 Å². The second-order valence-electron chi connectivity index (χ2n) is 7.95. The highest BCUT2D eigenvalue weighted by Crippen LogP contribution is 2.39. The van der Waals surface area contributed by atoms with E-state index in [0.29, 0.717) is 35.4 Å². The second-order valence-corrected chi connectivity index (χ2v) is 7.95. The van der Waals surface area contributed by atoms with E-state index in [1.165, 1.54) is 0 Å². The van der Waals surface area contributed by atoms with Crippen LogP contribution in [-0.4, -0.2) is 37.2 Å². The van der Waals surface area contributed by atoms with E-state index in [4.69, 9.17) is 13.9 Å². The number of amides is 1. The first-order valence-corrected chi connectivity index (χ1v) is 10.2. The highest BCUT2D eigenvalue weighted by molar-refractivity contribution is 5.99. The molecule has 3 aromatic rings. The molecule has 0 spiro atoms. The molecule has 0 N–H and O–H groups in total. The van der Waals surface area contributed by atoms with Gasteiger partial charge in [0.15, 0.2) is 5.43 Å². The maximum absolute atomic E-state index is 13.5. The Morgan fingerprint density at radius 1 is 1.17 bits per heavy atom. The van der Waals surface area contributed by atoms with Gasteiger partial charge in [-0.2, -0.15) is 0 Å². The molecule has 0 unspecified atom stereocenters. The number of hydrogen-bond donors (Lipinski definition) is 0. The molecule has 3 heterocycles. The molecule has 5 rings (SSSR count). The van der Waals surface area contributed by atoms with Crippen molar-refractivity contribution in [2.75, 3.05) is 20.3 Å². The van der Waals surface area contributed by atoms with Crippen LogP contribution in [0, 0.1) is 6.92 Å². The summed E-state index contributed by atoms with van der Waals surface area (Å²) in [6, 6.07) is 12.4. The summed E-state index contributed by atoms with van der Waals surface area (Å²) in [6.45, 7) is 3.05.